The fourth-order valence-electron chi connectivity index (χ4n) is 3.35. The number of nitrogens with zero attached hydrogens (tertiary/aromatic N) is 1. The van der Waals surface area contributed by atoms with Crippen LogP contribution in [0.4, 0.5) is 4.79 Å². The zero-order chi connectivity index (χ0) is 18.5. The number of methoxy groups -OCH3 is 2. The molecule has 1 aliphatic heterocycles. The normalized spacial score (nSPS) is 16.4. The number of rotatable bonds is 5. The maximum Gasteiger partial charge on any atom is 0.318 e. The van der Waals surface area contributed by atoms with E-state index in [1.54, 1.807) is 14.2 Å². The van der Waals surface area contributed by atoms with Crippen molar-refractivity contribution in [1.82, 2.24) is 10.2 Å². The van der Waals surface area contributed by atoms with E-state index in [1.165, 1.54) is 0 Å². The van der Waals surface area contributed by atoms with E-state index < -0.39 is 0 Å². The quantitative estimate of drug-likeness (QED) is 0.776. The Hall–Kier alpha value is -2.21. The van der Waals surface area contributed by atoms with Crippen molar-refractivity contribution in [2.45, 2.75) is 25.4 Å². The van der Waals surface area contributed by atoms with Gasteiger partial charge >= 0.3 is 6.03 Å². The van der Waals surface area contributed by atoms with Crippen molar-refractivity contribution in [2.24, 2.45) is 0 Å². The van der Waals surface area contributed by atoms with Crippen LogP contribution in [0.1, 0.15) is 30.0 Å². The minimum absolute atomic E-state index is 0.0124. The first-order chi connectivity index (χ1) is 12.6. The van der Waals surface area contributed by atoms with E-state index in [4.69, 9.17) is 9.47 Å². The number of likely N-dealkylation sites (tertiary alicyclic amines) is 1. The molecule has 138 valence electrons. The molecule has 26 heavy (non-hydrogen) atoms. The zero-order valence-electron chi connectivity index (χ0n) is 15.0. The zero-order valence-corrected chi connectivity index (χ0v) is 16.6. The van der Waals surface area contributed by atoms with Gasteiger partial charge in [0.2, 0.25) is 0 Å². The van der Waals surface area contributed by atoms with E-state index in [-0.39, 0.29) is 12.1 Å². The van der Waals surface area contributed by atoms with Crippen LogP contribution >= 0.6 is 15.9 Å². The number of hydrogen-bond acceptors (Lipinski definition) is 3. The molecule has 1 N–H and O–H groups in total. The van der Waals surface area contributed by atoms with Crippen LogP contribution in [0.25, 0.3) is 0 Å². The van der Waals surface area contributed by atoms with E-state index >= 15 is 0 Å². The summed E-state index contributed by atoms with van der Waals surface area (Å²) in [5.41, 5.74) is 2.08. The fraction of sp³-hybridized carbons (Fsp3) is 0.350. The van der Waals surface area contributed by atoms with Crippen LogP contribution in [-0.2, 0) is 6.54 Å². The Balaban J connectivity index is 1.72. The number of carbonyl (C=O) groups excluding carboxylic acids is 1. The molecule has 2 aromatic carbocycles. The van der Waals surface area contributed by atoms with Gasteiger partial charge in [0, 0.05) is 29.2 Å². The third kappa shape index (κ3) is 4.12. The molecule has 2 amide bonds. The molecule has 1 heterocycles. The van der Waals surface area contributed by atoms with Gasteiger partial charge in [0.25, 0.3) is 0 Å². The Labute approximate surface area is 162 Å². The number of benzene rings is 2. The monoisotopic (exact) mass is 418 g/mol. The van der Waals surface area contributed by atoms with Crippen molar-refractivity contribution in [3.63, 3.8) is 0 Å². The Kier molecular flexibility index (Phi) is 6.04. The Morgan fingerprint density at radius 1 is 1.23 bits per heavy atom. The fourth-order valence-corrected chi connectivity index (χ4v) is 3.80. The van der Waals surface area contributed by atoms with Gasteiger partial charge in [0.1, 0.15) is 11.5 Å². The lowest BCUT2D eigenvalue weighted by molar-refractivity contribution is 0.191. The number of urea groups is 1. The molecule has 6 heteroatoms. The van der Waals surface area contributed by atoms with E-state index in [9.17, 15) is 4.79 Å². The number of hydrogen-bond donors (Lipinski definition) is 1. The molecule has 0 aromatic heterocycles. The van der Waals surface area contributed by atoms with Gasteiger partial charge in [-0.3, -0.25) is 0 Å². The first-order valence-corrected chi connectivity index (χ1v) is 9.42. The van der Waals surface area contributed by atoms with Crippen LogP contribution in [0.2, 0.25) is 0 Å². The lowest BCUT2D eigenvalue weighted by Gasteiger charge is -2.26. The molecule has 1 aliphatic rings. The summed E-state index contributed by atoms with van der Waals surface area (Å²) in [6, 6.07) is 13.7. The Morgan fingerprint density at radius 2 is 2.08 bits per heavy atom. The lowest BCUT2D eigenvalue weighted by Crippen LogP contribution is -2.39. The summed E-state index contributed by atoms with van der Waals surface area (Å²) in [5.74, 6) is 1.50. The predicted octanol–water partition coefficient (Wildman–Crippen LogP) is 4.51. The number of amides is 2. The molecule has 1 atom stereocenters. The first-order valence-electron chi connectivity index (χ1n) is 8.63. The third-order valence-corrected chi connectivity index (χ3v) is 5.14. The second-order valence-electron chi connectivity index (χ2n) is 6.25. The van der Waals surface area contributed by atoms with Crippen molar-refractivity contribution in [1.29, 1.82) is 0 Å². The minimum Gasteiger partial charge on any atom is -0.497 e. The molecule has 3 rings (SSSR count). The molecule has 0 spiro atoms. The molecule has 0 radical (unpaired) electrons. The van der Waals surface area contributed by atoms with Crippen molar-refractivity contribution >= 4 is 22.0 Å². The molecule has 1 saturated heterocycles. The summed E-state index contributed by atoms with van der Waals surface area (Å²) in [4.78, 5) is 14.6. The summed E-state index contributed by atoms with van der Waals surface area (Å²) in [6.45, 7) is 1.24. The first kappa shape index (κ1) is 18.6. The maximum atomic E-state index is 12.7. The second kappa shape index (κ2) is 8.45. The van der Waals surface area contributed by atoms with Crippen molar-refractivity contribution < 1.29 is 14.3 Å². The van der Waals surface area contributed by atoms with Gasteiger partial charge in [0.15, 0.2) is 0 Å². The van der Waals surface area contributed by atoms with Gasteiger partial charge in [-0.15, -0.1) is 0 Å². The van der Waals surface area contributed by atoms with Gasteiger partial charge in [-0.25, -0.2) is 4.79 Å². The highest BCUT2D eigenvalue weighted by molar-refractivity contribution is 9.10. The van der Waals surface area contributed by atoms with Gasteiger partial charge < -0.3 is 19.7 Å². The molecule has 0 saturated carbocycles. The largest absolute Gasteiger partial charge is 0.497 e. The minimum atomic E-state index is -0.0506. The van der Waals surface area contributed by atoms with Gasteiger partial charge in [0.05, 0.1) is 20.3 Å². The number of carbonyl (C=O) groups is 1. The van der Waals surface area contributed by atoms with Crippen molar-refractivity contribution in [3.05, 3.63) is 58.1 Å². The van der Waals surface area contributed by atoms with Crippen LogP contribution in [0.5, 0.6) is 11.5 Å². The Morgan fingerprint density at radius 3 is 2.81 bits per heavy atom. The summed E-state index contributed by atoms with van der Waals surface area (Å²) >= 11 is 3.46. The van der Waals surface area contributed by atoms with Gasteiger partial charge in [-0.2, -0.15) is 0 Å². The highest BCUT2D eigenvalue weighted by Crippen LogP contribution is 2.38. The summed E-state index contributed by atoms with van der Waals surface area (Å²) in [5, 5.41) is 3.03. The molecular weight excluding hydrogens is 396 g/mol. The molecule has 1 fully saturated rings. The lowest BCUT2D eigenvalue weighted by atomic mass is 10.0. The molecule has 2 aromatic rings. The standard InChI is InChI=1S/C20H23BrN2O3/c1-25-16-8-9-17(19(12-16)26-2)18-7-4-10-23(18)20(24)22-13-14-5-3-6-15(21)11-14/h3,5-6,8-9,11-12,18H,4,7,10,13H2,1-2H3,(H,22,24). The average molecular weight is 419 g/mol. The summed E-state index contributed by atoms with van der Waals surface area (Å²) < 4.78 is 11.8. The van der Waals surface area contributed by atoms with E-state index in [2.05, 4.69) is 21.2 Å². The number of halogens is 1. The highest BCUT2D eigenvalue weighted by Gasteiger charge is 2.31. The topological polar surface area (TPSA) is 50.8 Å². The predicted molar refractivity (Wildman–Crippen MR) is 105 cm³/mol. The van der Waals surface area contributed by atoms with Crippen molar-refractivity contribution in [2.75, 3.05) is 20.8 Å². The molecular formula is C20H23BrN2O3. The number of ether oxygens (including phenoxy) is 2. The highest BCUT2D eigenvalue weighted by atomic mass is 79.9. The van der Waals surface area contributed by atoms with E-state index in [1.807, 2.05) is 47.4 Å². The summed E-state index contributed by atoms with van der Waals surface area (Å²) in [6.07, 6.45) is 1.90. The molecule has 1 unspecified atom stereocenters. The van der Waals surface area contributed by atoms with E-state index in [0.29, 0.717) is 6.54 Å². The van der Waals surface area contributed by atoms with E-state index in [0.717, 1.165) is 46.5 Å². The molecule has 5 nitrogen and oxygen atoms in total. The van der Waals surface area contributed by atoms with Crippen LogP contribution < -0.4 is 14.8 Å². The van der Waals surface area contributed by atoms with Crippen LogP contribution in [0.15, 0.2) is 46.9 Å². The second-order valence-corrected chi connectivity index (χ2v) is 7.16. The number of nitrogens with one attached hydrogen (secondary N) is 1. The van der Waals surface area contributed by atoms with Crippen LogP contribution in [-0.4, -0.2) is 31.7 Å². The molecule has 0 bridgehead atoms. The van der Waals surface area contributed by atoms with Gasteiger partial charge in [-0.1, -0.05) is 28.1 Å². The van der Waals surface area contributed by atoms with Crippen molar-refractivity contribution in [3.8, 4) is 11.5 Å². The third-order valence-electron chi connectivity index (χ3n) is 4.65. The summed E-state index contributed by atoms with van der Waals surface area (Å²) in [7, 11) is 3.27. The Bertz CT molecular complexity index is 781. The van der Waals surface area contributed by atoms with Gasteiger partial charge in [-0.05, 0) is 42.7 Å². The molecule has 0 aliphatic carbocycles. The van der Waals surface area contributed by atoms with Crippen LogP contribution in [0, 0.1) is 0 Å². The SMILES string of the molecule is COc1ccc(C2CCCN2C(=O)NCc2cccc(Br)c2)c(OC)c1. The smallest absolute Gasteiger partial charge is 0.318 e. The maximum absolute atomic E-state index is 12.7. The van der Waals surface area contributed by atoms with Crippen LogP contribution in [0.3, 0.4) is 0 Å². The average Bonchev–Trinajstić information content (AvgIpc) is 3.15.